The van der Waals surface area contributed by atoms with Crippen LogP contribution in [-0.4, -0.2) is 26.7 Å². The molecule has 0 bridgehead atoms. The quantitative estimate of drug-likeness (QED) is 0.878. The van der Waals surface area contributed by atoms with Crippen molar-refractivity contribution >= 4 is 23.2 Å². The number of anilines is 1. The first kappa shape index (κ1) is 16.5. The van der Waals surface area contributed by atoms with E-state index < -0.39 is 5.82 Å². The van der Waals surface area contributed by atoms with Gasteiger partial charge in [0.2, 0.25) is 0 Å². The summed E-state index contributed by atoms with van der Waals surface area (Å²) in [7, 11) is 1.78. The molecule has 4 unspecified atom stereocenters. The number of aliphatic hydroxyl groups excluding tert-OH is 1. The van der Waals surface area contributed by atoms with Crippen LogP contribution in [0.5, 0.6) is 0 Å². The molecule has 2 fully saturated rings. The zero-order valence-corrected chi connectivity index (χ0v) is 14.5. The minimum absolute atomic E-state index is 0.0376. The van der Waals surface area contributed by atoms with Gasteiger partial charge in [0, 0.05) is 18.7 Å². The highest BCUT2D eigenvalue weighted by Crippen LogP contribution is 2.53. The number of carbonyl (C=O) groups is 1. The highest BCUT2D eigenvalue weighted by Gasteiger charge is 2.48. The monoisotopic (exact) mass is 363 g/mol. The molecular weight excluding hydrogens is 345 g/mol. The van der Waals surface area contributed by atoms with Crippen LogP contribution in [-0.2, 0) is 7.05 Å². The van der Waals surface area contributed by atoms with Gasteiger partial charge in [-0.3, -0.25) is 4.79 Å². The van der Waals surface area contributed by atoms with Gasteiger partial charge in [0.15, 0.2) is 0 Å². The first-order valence-corrected chi connectivity index (χ1v) is 8.77. The average Bonchev–Trinajstić information content (AvgIpc) is 3.11. The third kappa shape index (κ3) is 2.83. The molecule has 7 heteroatoms. The number of fused-ring (bicyclic) bond motifs is 1. The number of benzene rings is 1. The van der Waals surface area contributed by atoms with Gasteiger partial charge in [0.05, 0.1) is 23.1 Å². The summed E-state index contributed by atoms with van der Waals surface area (Å²) in [4.78, 5) is 17.2. The van der Waals surface area contributed by atoms with Crippen LogP contribution in [0.2, 0.25) is 5.02 Å². The Kier molecular flexibility index (Phi) is 4.04. The van der Waals surface area contributed by atoms with E-state index in [-0.39, 0.29) is 23.0 Å². The average molecular weight is 364 g/mol. The van der Waals surface area contributed by atoms with Crippen LogP contribution in [0, 0.1) is 17.7 Å². The number of aromatic nitrogens is 2. The maximum Gasteiger partial charge on any atom is 0.274 e. The van der Waals surface area contributed by atoms with E-state index in [1.54, 1.807) is 17.9 Å². The number of hydrogen-bond donors (Lipinski definition) is 2. The van der Waals surface area contributed by atoms with Crippen LogP contribution < -0.4 is 5.32 Å². The first-order valence-electron chi connectivity index (χ1n) is 8.39. The van der Waals surface area contributed by atoms with Crippen molar-refractivity contribution in [1.82, 2.24) is 9.55 Å². The second-order valence-electron chi connectivity index (χ2n) is 7.07. The molecule has 1 amide bonds. The molecule has 25 heavy (non-hydrogen) atoms. The Labute approximate surface area is 149 Å². The third-order valence-corrected chi connectivity index (χ3v) is 5.82. The topological polar surface area (TPSA) is 67.1 Å². The number of hydrogen-bond acceptors (Lipinski definition) is 3. The van der Waals surface area contributed by atoms with E-state index in [2.05, 4.69) is 10.3 Å². The molecule has 5 nitrogen and oxygen atoms in total. The van der Waals surface area contributed by atoms with Crippen molar-refractivity contribution in [3.8, 4) is 0 Å². The molecule has 0 spiro atoms. The largest absolute Gasteiger partial charge is 0.393 e. The summed E-state index contributed by atoms with van der Waals surface area (Å²) in [6.07, 6.45) is 4.10. The second-order valence-corrected chi connectivity index (χ2v) is 7.47. The van der Waals surface area contributed by atoms with Crippen molar-refractivity contribution in [3.63, 3.8) is 0 Å². The molecule has 1 aromatic carbocycles. The predicted octanol–water partition coefficient (Wildman–Crippen LogP) is 3.34. The summed E-state index contributed by atoms with van der Waals surface area (Å²) in [6.45, 7) is 0. The molecule has 0 aliphatic heterocycles. The summed E-state index contributed by atoms with van der Waals surface area (Å²) in [5.41, 5.74) is 1.71. The standard InChI is InChI=1S/C18H19ClFN3O2/c1-23-8-21-16(10-4-9-6-15(24)12(9)5-10)17(23)18(25)22-11-2-3-14(20)13(19)7-11/h2-3,7-10,12,15,24H,4-6H2,1H3,(H,22,25). The molecule has 0 saturated heterocycles. The summed E-state index contributed by atoms with van der Waals surface area (Å²) >= 11 is 5.77. The van der Waals surface area contributed by atoms with Gasteiger partial charge in [0.25, 0.3) is 5.91 Å². The molecular formula is C18H19ClFN3O2. The van der Waals surface area contributed by atoms with E-state index in [4.69, 9.17) is 11.6 Å². The van der Waals surface area contributed by atoms with E-state index in [0.717, 1.165) is 25.0 Å². The number of amides is 1. The van der Waals surface area contributed by atoms with E-state index >= 15 is 0 Å². The third-order valence-electron chi connectivity index (χ3n) is 5.53. The molecule has 132 valence electrons. The maximum atomic E-state index is 13.3. The highest BCUT2D eigenvalue weighted by atomic mass is 35.5. The van der Waals surface area contributed by atoms with Crippen LogP contribution in [0.3, 0.4) is 0 Å². The van der Waals surface area contributed by atoms with E-state index in [0.29, 0.717) is 23.2 Å². The number of halogens is 2. The number of rotatable bonds is 3. The Morgan fingerprint density at radius 1 is 1.40 bits per heavy atom. The van der Waals surface area contributed by atoms with Gasteiger partial charge in [-0.2, -0.15) is 0 Å². The lowest BCUT2D eigenvalue weighted by Crippen LogP contribution is -2.37. The fourth-order valence-electron chi connectivity index (χ4n) is 4.20. The van der Waals surface area contributed by atoms with Crippen molar-refractivity contribution in [1.29, 1.82) is 0 Å². The Morgan fingerprint density at radius 2 is 2.20 bits per heavy atom. The molecule has 4 rings (SSSR count). The van der Waals surface area contributed by atoms with Gasteiger partial charge in [-0.05, 0) is 49.3 Å². The lowest BCUT2D eigenvalue weighted by Gasteiger charge is -2.36. The molecule has 1 aromatic heterocycles. The molecule has 2 aliphatic carbocycles. The van der Waals surface area contributed by atoms with Crippen LogP contribution in [0.1, 0.15) is 41.4 Å². The zero-order chi connectivity index (χ0) is 17.7. The number of nitrogens with zero attached hydrogens (tertiary/aromatic N) is 2. The first-order chi connectivity index (χ1) is 11.9. The predicted molar refractivity (Wildman–Crippen MR) is 92.2 cm³/mol. The number of aryl methyl sites for hydroxylation is 1. The highest BCUT2D eigenvalue weighted by molar-refractivity contribution is 6.31. The zero-order valence-electron chi connectivity index (χ0n) is 13.7. The lowest BCUT2D eigenvalue weighted by atomic mass is 9.74. The summed E-state index contributed by atoms with van der Waals surface area (Å²) in [5, 5.41) is 12.6. The fourth-order valence-corrected chi connectivity index (χ4v) is 4.38. The molecule has 2 aliphatic rings. The van der Waals surface area contributed by atoms with Crippen LogP contribution >= 0.6 is 11.6 Å². The Balaban J connectivity index is 1.57. The number of carbonyl (C=O) groups excluding carboxylic acids is 1. The van der Waals surface area contributed by atoms with Crippen molar-refractivity contribution < 1.29 is 14.3 Å². The normalized spacial score (nSPS) is 27.7. The lowest BCUT2D eigenvalue weighted by molar-refractivity contribution is -0.0145. The minimum atomic E-state index is -0.527. The van der Waals surface area contributed by atoms with Gasteiger partial charge in [-0.25, -0.2) is 9.37 Å². The molecule has 1 heterocycles. The number of aliphatic hydroxyl groups is 1. The molecule has 2 N–H and O–H groups in total. The molecule has 0 radical (unpaired) electrons. The fraction of sp³-hybridized carbons (Fsp3) is 0.444. The van der Waals surface area contributed by atoms with Crippen molar-refractivity contribution in [2.45, 2.75) is 31.3 Å². The van der Waals surface area contributed by atoms with Crippen LogP contribution in [0.25, 0.3) is 0 Å². The van der Waals surface area contributed by atoms with E-state index in [1.807, 2.05) is 0 Å². The SMILES string of the molecule is Cn1cnc(C2CC3CC(O)C3C2)c1C(=O)Nc1ccc(F)c(Cl)c1. The van der Waals surface area contributed by atoms with Gasteiger partial charge in [0.1, 0.15) is 11.5 Å². The Bertz CT molecular complexity index is 838. The maximum absolute atomic E-state index is 13.3. The summed E-state index contributed by atoms with van der Waals surface area (Å²) < 4.78 is 15.0. The Hall–Kier alpha value is -1.92. The van der Waals surface area contributed by atoms with E-state index in [9.17, 15) is 14.3 Å². The van der Waals surface area contributed by atoms with Gasteiger partial charge in [-0.1, -0.05) is 11.6 Å². The van der Waals surface area contributed by atoms with Gasteiger partial charge >= 0.3 is 0 Å². The van der Waals surface area contributed by atoms with Crippen molar-refractivity contribution in [2.24, 2.45) is 18.9 Å². The summed E-state index contributed by atoms with van der Waals surface area (Å²) in [6, 6.07) is 4.08. The van der Waals surface area contributed by atoms with Crippen molar-refractivity contribution in [2.75, 3.05) is 5.32 Å². The number of imidazole rings is 1. The minimum Gasteiger partial charge on any atom is -0.393 e. The molecule has 4 atom stereocenters. The Morgan fingerprint density at radius 3 is 2.88 bits per heavy atom. The number of nitrogens with one attached hydrogen (secondary N) is 1. The van der Waals surface area contributed by atoms with Crippen molar-refractivity contribution in [3.05, 3.63) is 46.8 Å². The van der Waals surface area contributed by atoms with Gasteiger partial charge < -0.3 is 15.0 Å². The van der Waals surface area contributed by atoms with Gasteiger partial charge in [-0.15, -0.1) is 0 Å². The summed E-state index contributed by atoms with van der Waals surface area (Å²) in [5.74, 6) is 0.233. The smallest absolute Gasteiger partial charge is 0.274 e. The molecule has 2 saturated carbocycles. The van der Waals surface area contributed by atoms with Crippen LogP contribution in [0.4, 0.5) is 10.1 Å². The van der Waals surface area contributed by atoms with Crippen LogP contribution in [0.15, 0.2) is 24.5 Å². The molecule has 2 aromatic rings. The van der Waals surface area contributed by atoms with E-state index in [1.165, 1.54) is 18.2 Å². The second kappa shape index (κ2) is 6.11.